The fourth-order valence-electron chi connectivity index (χ4n) is 8.51. The van der Waals surface area contributed by atoms with Crippen LogP contribution >= 0.6 is 0 Å². The maximum absolute atomic E-state index is 13.1. The molecule has 44 heavy (non-hydrogen) atoms. The zero-order valence-corrected chi connectivity index (χ0v) is 25.9. The molecule has 2 aromatic heterocycles. The van der Waals surface area contributed by atoms with Crippen LogP contribution < -0.4 is 0 Å². The van der Waals surface area contributed by atoms with E-state index in [-0.39, 0.29) is 18.2 Å². The normalized spacial score (nSPS) is 28.1. The van der Waals surface area contributed by atoms with E-state index in [2.05, 4.69) is 46.4 Å². The average molecular weight is 588 g/mol. The number of piperidine rings is 1. The Kier molecular flexibility index (Phi) is 5.77. The van der Waals surface area contributed by atoms with Gasteiger partial charge in [-0.05, 0) is 130 Å². The van der Waals surface area contributed by atoms with Gasteiger partial charge < -0.3 is 14.7 Å². The summed E-state index contributed by atoms with van der Waals surface area (Å²) in [5.74, 6) is 5.11. The van der Waals surface area contributed by atoms with Gasteiger partial charge in [0.25, 0.3) is 0 Å². The number of rotatable bonds is 5. The number of aryl methyl sites for hydroxylation is 1. The van der Waals surface area contributed by atoms with Crippen LogP contribution in [0.2, 0.25) is 0 Å². The largest absolute Gasteiger partial charge is 0.444 e. The molecule has 1 amide bonds. The first-order valence-electron chi connectivity index (χ1n) is 16.7. The topological polar surface area (TPSA) is 86.9 Å². The number of aromatic nitrogens is 4. The van der Waals surface area contributed by atoms with Gasteiger partial charge in [-0.25, -0.2) is 14.8 Å². The van der Waals surface area contributed by atoms with E-state index >= 15 is 0 Å². The van der Waals surface area contributed by atoms with Crippen LogP contribution in [0.4, 0.5) is 4.79 Å². The van der Waals surface area contributed by atoms with Gasteiger partial charge >= 0.3 is 6.09 Å². The second kappa shape index (κ2) is 9.56. The van der Waals surface area contributed by atoms with Crippen molar-refractivity contribution in [3.8, 4) is 33.6 Å². The van der Waals surface area contributed by atoms with Gasteiger partial charge in [-0.1, -0.05) is 24.3 Å². The van der Waals surface area contributed by atoms with Crippen molar-refractivity contribution in [2.45, 2.75) is 95.7 Å². The minimum Gasteiger partial charge on any atom is -0.444 e. The minimum absolute atomic E-state index is 0.0638. The number of carbonyl (C=O) groups is 1. The van der Waals surface area contributed by atoms with Crippen molar-refractivity contribution >= 4 is 6.09 Å². The molecular weight excluding hydrogens is 546 g/mol. The second-order valence-electron chi connectivity index (χ2n) is 15.1. The lowest BCUT2D eigenvalue weighted by Crippen LogP contribution is -2.38. The molecule has 4 aromatic rings. The number of hydrogen-bond acceptors (Lipinski definition) is 4. The van der Waals surface area contributed by atoms with Crippen LogP contribution in [-0.4, -0.2) is 42.6 Å². The van der Waals surface area contributed by atoms with Crippen molar-refractivity contribution in [1.82, 2.24) is 24.8 Å². The number of likely N-dealkylation sites (tertiary alicyclic amines) is 1. The number of aromatic amines is 2. The first-order valence-corrected chi connectivity index (χ1v) is 16.7. The van der Waals surface area contributed by atoms with Gasteiger partial charge in [0.15, 0.2) is 0 Å². The Bertz CT molecular complexity index is 1750. The first-order chi connectivity index (χ1) is 21.3. The highest BCUT2D eigenvalue weighted by atomic mass is 16.6. The molecule has 7 heteroatoms. The molecule has 5 aliphatic rings. The third kappa shape index (κ3) is 4.58. The molecule has 3 heterocycles. The number of nitrogens with one attached hydrogen (secondary N) is 2. The summed E-state index contributed by atoms with van der Waals surface area (Å²) < 4.78 is 5.78. The molecule has 4 fully saturated rings. The van der Waals surface area contributed by atoms with Crippen LogP contribution in [0, 0.1) is 17.8 Å². The van der Waals surface area contributed by atoms with Gasteiger partial charge in [0.1, 0.15) is 17.2 Å². The van der Waals surface area contributed by atoms with E-state index in [1.165, 1.54) is 59.3 Å². The molecule has 6 atom stereocenters. The van der Waals surface area contributed by atoms with E-state index in [1.807, 2.05) is 38.1 Å². The Morgan fingerprint density at radius 1 is 0.818 bits per heavy atom. The third-order valence-electron chi connectivity index (χ3n) is 10.9. The van der Waals surface area contributed by atoms with E-state index in [0.29, 0.717) is 11.8 Å². The quantitative estimate of drug-likeness (QED) is 0.246. The van der Waals surface area contributed by atoms with Gasteiger partial charge in [-0.3, -0.25) is 4.90 Å². The Labute approximate surface area is 258 Å². The summed E-state index contributed by atoms with van der Waals surface area (Å²) in [7, 11) is 0. The Morgan fingerprint density at radius 3 is 2.30 bits per heavy atom. The molecular formula is C37H41N5O2. The van der Waals surface area contributed by atoms with Crippen molar-refractivity contribution in [3.63, 3.8) is 0 Å². The van der Waals surface area contributed by atoms with E-state index in [9.17, 15) is 4.79 Å². The summed E-state index contributed by atoms with van der Waals surface area (Å²) in [6, 6.07) is 13.9. The van der Waals surface area contributed by atoms with E-state index in [1.54, 1.807) is 0 Å². The van der Waals surface area contributed by atoms with Crippen LogP contribution in [0.15, 0.2) is 48.8 Å². The smallest absolute Gasteiger partial charge is 0.411 e. The highest BCUT2D eigenvalue weighted by molar-refractivity contribution is 5.78. The number of fused-ring (bicyclic) bond motifs is 3. The molecule has 9 rings (SSSR count). The van der Waals surface area contributed by atoms with Crippen LogP contribution in [0.1, 0.15) is 94.0 Å². The lowest BCUT2D eigenvalue weighted by Gasteiger charge is -2.29. The molecule has 1 aliphatic heterocycles. The van der Waals surface area contributed by atoms with Crippen molar-refractivity contribution in [1.29, 1.82) is 0 Å². The molecule has 1 saturated heterocycles. The SMILES string of the molecule is CC(C)(C)OC(=O)N1[C@@H](c2ncc(-c3cc4c(c(-c5ccc(-c6cnc(C7C[C@@H]8C[C@@H]8C7)[nH]6)cc5)c3)CCC4)[nH]2)C[C@H]2C[C@H]21. The van der Waals surface area contributed by atoms with Gasteiger partial charge in [-0.2, -0.15) is 0 Å². The summed E-state index contributed by atoms with van der Waals surface area (Å²) in [6.07, 6.45) is 13.2. The summed E-state index contributed by atoms with van der Waals surface area (Å²) in [5, 5.41) is 0. The zero-order chi connectivity index (χ0) is 29.7. The minimum atomic E-state index is -0.515. The van der Waals surface area contributed by atoms with Gasteiger partial charge in [0.2, 0.25) is 0 Å². The summed E-state index contributed by atoms with van der Waals surface area (Å²) >= 11 is 0. The molecule has 0 spiro atoms. The van der Waals surface area contributed by atoms with E-state index < -0.39 is 5.60 Å². The van der Waals surface area contributed by atoms with Crippen molar-refractivity contribution < 1.29 is 9.53 Å². The number of imidazole rings is 2. The van der Waals surface area contributed by atoms with E-state index in [4.69, 9.17) is 14.7 Å². The molecule has 0 bridgehead atoms. The van der Waals surface area contributed by atoms with Crippen LogP contribution in [0.25, 0.3) is 33.6 Å². The molecule has 1 unspecified atom stereocenters. The number of hydrogen-bond donors (Lipinski definition) is 2. The van der Waals surface area contributed by atoms with Crippen LogP contribution in [-0.2, 0) is 17.6 Å². The fourth-order valence-corrected chi connectivity index (χ4v) is 8.51. The summed E-state index contributed by atoms with van der Waals surface area (Å²) in [4.78, 5) is 31.9. The molecule has 7 nitrogen and oxygen atoms in total. The highest BCUT2D eigenvalue weighted by Crippen LogP contribution is 2.57. The zero-order valence-electron chi connectivity index (χ0n) is 25.9. The van der Waals surface area contributed by atoms with Crippen LogP contribution in [0.3, 0.4) is 0 Å². The maximum atomic E-state index is 13.1. The summed E-state index contributed by atoms with van der Waals surface area (Å²) in [6.45, 7) is 5.78. The molecule has 3 saturated carbocycles. The molecule has 4 aliphatic carbocycles. The number of nitrogens with zero attached hydrogens (tertiary/aromatic N) is 3. The fraction of sp³-hybridized carbons (Fsp3) is 0.486. The number of ether oxygens (including phenoxy) is 1. The Morgan fingerprint density at radius 2 is 1.52 bits per heavy atom. The second-order valence-corrected chi connectivity index (χ2v) is 15.1. The monoisotopic (exact) mass is 587 g/mol. The van der Waals surface area contributed by atoms with Crippen LogP contribution in [0.5, 0.6) is 0 Å². The standard InChI is InChI=1S/C37H41N5O2/c1-37(2,3)44-36(43)42-32-16-26(32)17-33(42)35-39-19-31(41-35)25-11-22-5-4-6-28(22)29(15-25)20-7-9-21(10-8-20)30-18-38-34(40-30)27-13-23-12-24(23)14-27/h7-11,15,18-19,23-24,26-27,32-33H,4-6,12-14,16-17H2,1-3H3,(H,38,40)(H,39,41)/t23-,24+,26-,27?,32-,33-/m1/s1. The average Bonchev–Trinajstić information content (AvgIpc) is 3.53. The summed E-state index contributed by atoms with van der Waals surface area (Å²) in [5.41, 5.74) is 9.41. The number of amides is 1. The van der Waals surface area contributed by atoms with Gasteiger partial charge in [-0.15, -0.1) is 0 Å². The molecule has 2 N–H and O–H groups in total. The number of H-pyrrole nitrogens is 2. The third-order valence-corrected chi connectivity index (χ3v) is 10.9. The highest BCUT2D eigenvalue weighted by Gasteiger charge is 2.56. The number of benzene rings is 2. The number of carbonyl (C=O) groups excluding carboxylic acids is 1. The first kappa shape index (κ1) is 26.5. The van der Waals surface area contributed by atoms with Crippen molar-refractivity contribution in [2.75, 3.05) is 0 Å². The Hall–Kier alpha value is -3.87. The lowest BCUT2D eigenvalue weighted by molar-refractivity contribution is 0.0175. The molecule has 0 radical (unpaired) electrons. The van der Waals surface area contributed by atoms with Gasteiger partial charge in [0.05, 0.1) is 29.8 Å². The van der Waals surface area contributed by atoms with Gasteiger partial charge in [0, 0.05) is 17.5 Å². The predicted molar refractivity (Wildman–Crippen MR) is 170 cm³/mol. The van der Waals surface area contributed by atoms with Crippen molar-refractivity contribution in [3.05, 3.63) is 71.6 Å². The maximum Gasteiger partial charge on any atom is 0.411 e. The molecule has 2 aromatic carbocycles. The van der Waals surface area contributed by atoms with Crippen molar-refractivity contribution in [2.24, 2.45) is 17.8 Å². The van der Waals surface area contributed by atoms with E-state index in [0.717, 1.165) is 60.3 Å². The Balaban J connectivity index is 0.983. The lowest BCUT2D eigenvalue weighted by atomic mass is 9.93. The molecule has 226 valence electrons. The predicted octanol–water partition coefficient (Wildman–Crippen LogP) is 8.21.